The van der Waals surface area contributed by atoms with Gasteiger partial charge in [0.2, 0.25) is 0 Å². The number of hydrogen-bond donors (Lipinski definition) is 0. The van der Waals surface area contributed by atoms with Gasteiger partial charge in [-0.15, -0.1) is 11.6 Å². The van der Waals surface area contributed by atoms with Crippen LogP contribution in [0, 0.1) is 21.4 Å². The Bertz CT molecular complexity index is 537. The molecule has 0 unspecified atom stereocenters. The van der Waals surface area contributed by atoms with Gasteiger partial charge < -0.3 is 4.74 Å². The molecule has 1 aromatic carbocycles. The van der Waals surface area contributed by atoms with Crippen molar-refractivity contribution in [1.29, 1.82) is 5.26 Å². The minimum Gasteiger partial charge on any atom is -0.469 e. The van der Waals surface area contributed by atoms with Crippen LogP contribution in [-0.2, 0) is 21.8 Å². The number of nitrogens with zero attached hydrogens (tertiary/aromatic N) is 2. The summed E-state index contributed by atoms with van der Waals surface area (Å²) in [5.41, 5.74) is 0.331. The predicted octanol–water partition coefficient (Wildman–Crippen LogP) is 1.92. The summed E-state index contributed by atoms with van der Waals surface area (Å²) in [6.07, 6.45) is -0.130. The number of alkyl halides is 1. The van der Waals surface area contributed by atoms with E-state index in [2.05, 4.69) is 4.74 Å². The zero-order valence-electron chi connectivity index (χ0n) is 9.47. The molecule has 0 atom stereocenters. The molecule has 1 rings (SSSR count). The molecule has 6 nitrogen and oxygen atoms in total. The largest absolute Gasteiger partial charge is 0.469 e. The molecule has 94 valence electrons. The van der Waals surface area contributed by atoms with E-state index in [4.69, 9.17) is 16.9 Å². The number of esters is 1. The molecule has 0 saturated heterocycles. The summed E-state index contributed by atoms with van der Waals surface area (Å²) in [4.78, 5) is 21.4. The monoisotopic (exact) mass is 268 g/mol. The van der Waals surface area contributed by atoms with Crippen LogP contribution in [0.15, 0.2) is 12.1 Å². The van der Waals surface area contributed by atoms with E-state index in [1.165, 1.54) is 19.2 Å². The Hall–Kier alpha value is -2.13. The smallest absolute Gasteiger partial charge is 0.309 e. The van der Waals surface area contributed by atoms with Gasteiger partial charge in [-0.05, 0) is 11.6 Å². The number of ether oxygens (including phenoxy) is 1. The second-order valence-corrected chi connectivity index (χ2v) is 3.66. The molecule has 0 aliphatic carbocycles. The van der Waals surface area contributed by atoms with Crippen molar-refractivity contribution in [2.75, 3.05) is 7.11 Å². The molecular formula is C11H9ClN2O4. The number of methoxy groups -OCH3 is 1. The quantitative estimate of drug-likeness (QED) is 0.360. The lowest BCUT2D eigenvalue weighted by Crippen LogP contribution is -2.06. The summed E-state index contributed by atoms with van der Waals surface area (Å²) < 4.78 is 4.47. The number of carbonyl (C=O) groups is 1. The predicted molar refractivity (Wildman–Crippen MR) is 63.1 cm³/mol. The third-order valence-electron chi connectivity index (χ3n) is 2.31. The maximum atomic E-state index is 11.1. The third-order valence-corrected chi connectivity index (χ3v) is 2.58. The van der Waals surface area contributed by atoms with E-state index in [1.807, 2.05) is 6.07 Å². The molecule has 0 heterocycles. The summed E-state index contributed by atoms with van der Waals surface area (Å²) in [6.45, 7) is 0. The average molecular weight is 269 g/mol. The Labute approximate surface area is 108 Å². The first kappa shape index (κ1) is 13.9. The van der Waals surface area contributed by atoms with E-state index in [0.29, 0.717) is 5.56 Å². The Balaban J connectivity index is 3.33. The van der Waals surface area contributed by atoms with Crippen LogP contribution in [0.1, 0.15) is 16.7 Å². The summed E-state index contributed by atoms with van der Waals surface area (Å²) >= 11 is 5.60. The fourth-order valence-corrected chi connectivity index (χ4v) is 1.74. The van der Waals surface area contributed by atoms with Crippen LogP contribution < -0.4 is 0 Å². The zero-order valence-corrected chi connectivity index (χ0v) is 10.2. The summed E-state index contributed by atoms with van der Waals surface area (Å²) in [5.74, 6) is -0.677. The van der Waals surface area contributed by atoms with Crippen LogP contribution in [-0.4, -0.2) is 18.0 Å². The molecule has 0 fully saturated rings. The Morgan fingerprint density at radius 3 is 2.72 bits per heavy atom. The first-order valence-corrected chi connectivity index (χ1v) is 5.40. The molecule has 0 N–H and O–H groups in total. The van der Waals surface area contributed by atoms with Gasteiger partial charge in [0, 0.05) is 6.07 Å². The van der Waals surface area contributed by atoms with Gasteiger partial charge in [0.05, 0.1) is 41.5 Å². The first-order chi connectivity index (χ1) is 8.53. The highest BCUT2D eigenvalue weighted by atomic mass is 35.5. The zero-order chi connectivity index (χ0) is 13.7. The average Bonchev–Trinajstić information content (AvgIpc) is 2.37. The Morgan fingerprint density at radius 1 is 1.61 bits per heavy atom. The Morgan fingerprint density at radius 2 is 2.28 bits per heavy atom. The number of benzene rings is 1. The maximum absolute atomic E-state index is 11.1. The number of hydrogen-bond acceptors (Lipinski definition) is 5. The molecular weight excluding hydrogens is 260 g/mol. The summed E-state index contributed by atoms with van der Waals surface area (Å²) in [6, 6.07) is 4.47. The van der Waals surface area contributed by atoms with Gasteiger partial charge in [-0.2, -0.15) is 5.26 Å². The number of carbonyl (C=O) groups excluding carboxylic acids is 1. The van der Waals surface area contributed by atoms with Crippen LogP contribution in [0.3, 0.4) is 0 Å². The lowest BCUT2D eigenvalue weighted by atomic mass is 10.0. The second-order valence-electron chi connectivity index (χ2n) is 3.40. The lowest BCUT2D eigenvalue weighted by Gasteiger charge is -2.05. The molecule has 0 bridgehead atoms. The van der Waals surface area contributed by atoms with Gasteiger partial charge in [0.1, 0.15) is 0 Å². The molecule has 7 heteroatoms. The number of nitro groups is 1. The standard InChI is InChI=1S/C11H9ClN2O4/c1-18-11(15)4-7-2-8(6-13)9(5-12)10(3-7)14(16)17/h2-3H,4-5H2,1H3. The third kappa shape index (κ3) is 2.96. The van der Waals surface area contributed by atoms with Gasteiger partial charge in [0.25, 0.3) is 5.69 Å². The molecule has 18 heavy (non-hydrogen) atoms. The Kier molecular flexibility index (Phi) is 4.63. The molecule has 0 aliphatic heterocycles. The summed E-state index contributed by atoms with van der Waals surface area (Å²) in [7, 11) is 1.22. The van der Waals surface area contributed by atoms with Gasteiger partial charge >= 0.3 is 5.97 Å². The minimum atomic E-state index is -0.626. The number of halogens is 1. The molecule has 0 saturated carbocycles. The van der Waals surface area contributed by atoms with E-state index in [9.17, 15) is 14.9 Å². The van der Waals surface area contributed by atoms with E-state index >= 15 is 0 Å². The highest BCUT2D eigenvalue weighted by Crippen LogP contribution is 2.26. The maximum Gasteiger partial charge on any atom is 0.309 e. The van der Waals surface area contributed by atoms with Crippen LogP contribution in [0.5, 0.6) is 0 Å². The van der Waals surface area contributed by atoms with Crippen molar-refractivity contribution in [3.8, 4) is 6.07 Å². The van der Waals surface area contributed by atoms with Crippen molar-refractivity contribution in [2.24, 2.45) is 0 Å². The highest BCUT2D eigenvalue weighted by molar-refractivity contribution is 6.17. The van der Waals surface area contributed by atoms with Gasteiger partial charge in [-0.25, -0.2) is 0 Å². The number of nitriles is 1. The van der Waals surface area contributed by atoms with Crippen LogP contribution in [0.25, 0.3) is 0 Å². The van der Waals surface area contributed by atoms with E-state index in [0.717, 1.165) is 0 Å². The van der Waals surface area contributed by atoms with Crippen LogP contribution in [0.2, 0.25) is 0 Å². The topological polar surface area (TPSA) is 93.2 Å². The SMILES string of the molecule is COC(=O)Cc1cc(C#N)c(CCl)c([N+](=O)[O-])c1. The van der Waals surface area contributed by atoms with Gasteiger partial charge in [-0.1, -0.05) is 0 Å². The number of nitro benzene ring substituents is 1. The second kappa shape index (κ2) is 5.98. The van der Waals surface area contributed by atoms with Gasteiger partial charge in [-0.3, -0.25) is 14.9 Å². The number of rotatable bonds is 4. The fourth-order valence-electron chi connectivity index (χ4n) is 1.46. The molecule has 0 spiro atoms. The highest BCUT2D eigenvalue weighted by Gasteiger charge is 2.19. The van der Waals surface area contributed by atoms with Gasteiger partial charge in [0.15, 0.2) is 0 Å². The normalized spacial score (nSPS) is 9.61. The van der Waals surface area contributed by atoms with Crippen molar-refractivity contribution < 1.29 is 14.5 Å². The fraction of sp³-hybridized carbons (Fsp3) is 0.273. The van der Waals surface area contributed by atoms with Crippen molar-refractivity contribution in [1.82, 2.24) is 0 Å². The molecule has 1 aromatic rings. The first-order valence-electron chi connectivity index (χ1n) is 4.86. The molecule has 0 aromatic heterocycles. The van der Waals surface area contributed by atoms with Crippen LogP contribution >= 0.6 is 11.6 Å². The lowest BCUT2D eigenvalue weighted by molar-refractivity contribution is -0.385. The molecule has 0 amide bonds. The summed E-state index contributed by atoms with van der Waals surface area (Å²) in [5, 5.41) is 19.8. The minimum absolute atomic E-state index is 0.0955. The molecule has 0 radical (unpaired) electrons. The van der Waals surface area contributed by atoms with Crippen molar-refractivity contribution in [2.45, 2.75) is 12.3 Å². The van der Waals surface area contributed by atoms with Crippen molar-refractivity contribution >= 4 is 23.3 Å². The van der Waals surface area contributed by atoms with Crippen molar-refractivity contribution in [3.05, 3.63) is 38.9 Å². The van der Waals surface area contributed by atoms with E-state index in [1.54, 1.807) is 0 Å². The molecule has 0 aliphatic rings. The van der Waals surface area contributed by atoms with E-state index in [-0.39, 0.29) is 29.1 Å². The van der Waals surface area contributed by atoms with Crippen LogP contribution in [0.4, 0.5) is 5.69 Å². The van der Waals surface area contributed by atoms with E-state index < -0.39 is 10.9 Å². The van der Waals surface area contributed by atoms with Crippen molar-refractivity contribution in [3.63, 3.8) is 0 Å².